The van der Waals surface area contributed by atoms with Crippen molar-refractivity contribution >= 4 is 59.3 Å². The lowest BCUT2D eigenvalue weighted by atomic mass is 9.91. The molecular weight excluding hydrogens is 671 g/mol. The van der Waals surface area contributed by atoms with Crippen LogP contribution in [0, 0.1) is 0 Å². The minimum atomic E-state index is 1.10. The minimum Gasteiger partial charge on any atom is -0.309 e. The fourth-order valence-corrected chi connectivity index (χ4v) is 9.01. The molecule has 1 aromatic heterocycles. The van der Waals surface area contributed by atoms with Crippen molar-refractivity contribution in [2.75, 3.05) is 4.90 Å². The van der Waals surface area contributed by atoms with Crippen molar-refractivity contribution in [2.24, 2.45) is 0 Å². The highest BCUT2D eigenvalue weighted by atomic mass is 32.1. The molecule has 10 rings (SSSR count). The third-order valence-electron chi connectivity index (χ3n) is 10.5. The molecule has 0 spiro atoms. The summed E-state index contributed by atoms with van der Waals surface area (Å²) >= 11 is 1.86. The van der Waals surface area contributed by atoms with Crippen molar-refractivity contribution in [3.63, 3.8) is 0 Å². The van der Waals surface area contributed by atoms with Gasteiger partial charge in [-0.05, 0) is 86.6 Å². The zero-order chi connectivity index (χ0) is 35.8. The number of hydrogen-bond donors (Lipinski definition) is 0. The molecule has 0 saturated carbocycles. The van der Waals surface area contributed by atoms with Crippen LogP contribution in [0.25, 0.3) is 75.5 Å². The number of rotatable bonds is 7. The van der Waals surface area contributed by atoms with Crippen LogP contribution in [0.5, 0.6) is 0 Å². The molecule has 0 atom stereocenters. The summed E-state index contributed by atoms with van der Waals surface area (Å²) in [5, 5.41) is 5.07. The molecule has 10 aromatic rings. The predicted molar refractivity (Wildman–Crippen MR) is 233 cm³/mol. The summed E-state index contributed by atoms with van der Waals surface area (Å²) in [5.41, 5.74) is 12.9. The summed E-state index contributed by atoms with van der Waals surface area (Å²) < 4.78 is 2.58. The molecule has 54 heavy (non-hydrogen) atoms. The predicted octanol–water partition coefficient (Wildman–Crippen LogP) is 15.3. The summed E-state index contributed by atoms with van der Waals surface area (Å²) in [6, 6.07) is 77.2. The van der Waals surface area contributed by atoms with Crippen LogP contribution in [0.3, 0.4) is 0 Å². The van der Waals surface area contributed by atoms with Gasteiger partial charge in [-0.25, -0.2) is 0 Å². The van der Waals surface area contributed by atoms with E-state index >= 15 is 0 Å². The number of nitrogens with zero attached hydrogens (tertiary/aromatic N) is 1. The SMILES string of the molecule is c1ccc(-c2cc3ccccc3cc2-c2ccc(N(c3ccc4c(c3)sc3ccccc34)c3c(-c4ccccc4)cccc3-c3ccccc3)cc2)cc1. The molecule has 0 bridgehead atoms. The first-order valence-electron chi connectivity index (χ1n) is 18.4. The Morgan fingerprint density at radius 3 is 1.35 bits per heavy atom. The molecule has 254 valence electrons. The van der Waals surface area contributed by atoms with Gasteiger partial charge >= 0.3 is 0 Å². The quantitative estimate of drug-likeness (QED) is 0.160. The van der Waals surface area contributed by atoms with Gasteiger partial charge in [0.15, 0.2) is 0 Å². The van der Waals surface area contributed by atoms with Gasteiger partial charge < -0.3 is 4.90 Å². The number of fused-ring (bicyclic) bond motifs is 4. The Balaban J connectivity index is 1.21. The van der Waals surface area contributed by atoms with Crippen LogP contribution < -0.4 is 4.90 Å². The second-order valence-electron chi connectivity index (χ2n) is 13.7. The Bertz CT molecular complexity index is 2850. The topological polar surface area (TPSA) is 3.24 Å². The van der Waals surface area contributed by atoms with Gasteiger partial charge in [-0.15, -0.1) is 11.3 Å². The second kappa shape index (κ2) is 13.7. The maximum absolute atomic E-state index is 2.47. The van der Waals surface area contributed by atoms with Crippen LogP contribution in [0.1, 0.15) is 0 Å². The molecule has 0 radical (unpaired) electrons. The van der Waals surface area contributed by atoms with Gasteiger partial charge in [0.2, 0.25) is 0 Å². The summed E-state index contributed by atoms with van der Waals surface area (Å²) in [6.45, 7) is 0. The zero-order valence-electron chi connectivity index (χ0n) is 29.6. The normalized spacial score (nSPS) is 11.3. The van der Waals surface area contributed by atoms with E-state index in [9.17, 15) is 0 Å². The van der Waals surface area contributed by atoms with Gasteiger partial charge in [0.05, 0.1) is 5.69 Å². The molecule has 0 amide bonds. The second-order valence-corrected chi connectivity index (χ2v) is 14.8. The lowest BCUT2D eigenvalue weighted by molar-refractivity contribution is 1.29. The van der Waals surface area contributed by atoms with Gasteiger partial charge in [0.1, 0.15) is 0 Å². The highest BCUT2D eigenvalue weighted by Crippen LogP contribution is 2.48. The molecule has 0 saturated heterocycles. The molecule has 0 N–H and O–H groups in total. The molecule has 0 aliphatic heterocycles. The number of benzene rings is 9. The molecule has 0 fully saturated rings. The van der Waals surface area contributed by atoms with Crippen LogP contribution >= 0.6 is 11.3 Å². The molecule has 9 aromatic carbocycles. The monoisotopic (exact) mass is 705 g/mol. The maximum Gasteiger partial charge on any atom is 0.0618 e. The van der Waals surface area contributed by atoms with E-state index in [1.807, 2.05) is 11.3 Å². The first-order valence-corrected chi connectivity index (χ1v) is 19.2. The summed E-state index contributed by atoms with van der Waals surface area (Å²) in [6.07, 6.45) is 0. The van der Waals surface area contributed by atoms with E-state index < -0.39 is 0 Å². The zero-order valence-corrected chi connectivity index (χ0v) is 30.4. The highest BCUT2D eigenvalue weighted by Gasteiger charge is 2.23. The molecule has 0 aliphatic carbocycles. The molecule has 1 heterocycles. The van der Waals surface area contributed by atoms with Crippen molar-refractivity contribution in [3.8, 4) is 44.5 Å². The number of thiophene rings is 1. The highest BCUT2D eigenvalue weighted by molar-refractivity contribution is 7.25. The molecule has 0 aliphatic rings. The Morgan fingerprint density at radius 2 is 0.759 bits per heavy atom. The smallest absolute Gasteiger partial charge is 0.0618 e. The van der Waals surface area contributed by atoms with E-state index in [0.717, 1.165) is 17.1 Å². The van der Waals surface area contributed by atoms with Gasteiger partial charge in [0.25, 0.3) is 0 Å². The third kappa shape index (κ3) is 5.74. The average Bonchev–Trinajstić information content (AvgIpc) is 3.62. The van der Waals surface area contributed by atoms with Crippen molar-refractivity contribution in [1.29, 1.82) is 0 Å². The number of anilines is 3. The van der Waals surface area contributed by atoms with E-state index in [0.29, 0.717) is 0 Å². The fourth-order valence-electron chi connectivity index (χ4n) is 7.87. The van der Waals surface area contributed by atoms with E-state index in [4.69, 9.17) is 0 Å². The van der Waals surface area contributed by atoms with Crippen molar-refractivity contribution in [1.82, 2.24) is 0 Å². The fraction of sp³-hybridized carbons (Fsp3) is 0. The van der Waals surface area contributed by atoms with Crippen molar-refractivity contribution < 1.29 is 0 Å². The van der Waals surface area contributed by atoms with Gasteiger partial charge in [-0.1, -0.05) is 170 Å². The van der Waals surface area contributed by atoms with Gasteiger partial charge in [0, 0.05) is 42.7 Å². The first-order chi connectivity index (χ1) is 26.8. The van der Waals surface area contributed by atoms with Gasteiger partial charge in [-0.3, -0.25) is 0 Å². The van der Waals surface area contributed by atoms with E-state index in [2.05, 4.69) is 217 Å². The third-order valence-corrected chi connectivity index (χ3v) is 11.6. The number of para-hydroxylation sites is 1. The summed E-state index contributed by atoms with van der Waals surface area (Å²) in [5.74, 6) is 0. The summed E-state index contributed by atoms with van der Waals surface area (Å²) in [7, 11) is 0. The molecule has 2 heteroatoms. The Hall–Kier alpha value is -6.74. The van der Waals surface area contributed by atoms with Crippen LogP contribution in [0.4, 0.5) is 17.1 Å². The lowest BCUT2D eigenvalue weighted by Gasteiger charge is -2.30. The van der Waals surface area contributed by atoms with E-state index in [-0.39, 0.29) is 0 Å². The van der Waals surface area contributed by atoms with E-state index in [1.54, 1.807) is 0 Å². The Morgan fingerprint density at radius 1 is 0.296 bits per heavy atom. The van der Waals surface area contributed by atoms with Crippen molar-refractivity contribution in [3.05, 3.63) is 212 Å². The van der Waals surface area contributed by atoms with Crippen LogP contribution in [0.15, 0.2) is 212 Å². The van der Waals surface area contributed by atoms with Crippen LogP contribution in [-0.4, -0.2) is 0 Å². The average molecular weight is 706 g/mol. The largest absolute Gasteiger partial charge is 0.309 e. The lowest BCUT2D eigenvalue weighted by Crippen LogP contribution is -2.12. The molecule has 1 nitrogen and oxygen atoms in total. The molecule has 0 unspecified atom stereocenters. The summed E-state index contributed by atoms with van der Waals surface area (Å²) in [4.78, 5) is 2.47. The van der Waals surface area contributed by atoms with Gasteiger partial charge in [-0.2, -0.15) is 0 Å². The van der Waals surface area contributed by atoms with Crippen LogP contribution in [0.2, 0.25) is 0 Å². The Labute approximate surface area is 319 Å². The first kappa shape index (κ1) is 32.0. The van der Waals surface area contributed by atoms with E-state index in [1.165, 1.54) is 75.5 Å². The van der Waals surface area contributed by atoms with Crippen LogP contribution in [-0.2, 0) is 0 Å². The number of hydrogen-bond acceptors (Lipinski definition) is 2. The molecular formula is C52H35NS. The van der Waals surface area contributed by atoms with Crippen molar-refractivity contribution in [2.45, 2.75) is 0 Å². The Kier molecular flexibility index (Phi) is 8.09. The minimum absolute atomic E-state index is 1.10. The maximum atomic E-state index is 2.47. The standard InChI is InChI=1S/C52H35NS/c1-4-15-36(16-5-1)44-24-14-25-45(37-17-6-2-7-18-37)52(44)53(43-31-32-47-46-23-12-13-26-50(46)54-51(47)35-43)42-29-27-39(28-30-42)49-34-41-22-11-10-21-40(41)33-48(49)38-19-8-3-9-20-38/h1-35H.